The van der Waals surface area contributed by atoms with E-state index >= 15 is 4.39 Å². The van der Waals surface area contributed by atoms with Crippen molar-refractivity contribution in [1.29, 1.82) is 0 Å². The lowest BCUT2D eigenvalue weighted by molar-refractivity contribution is -0.183. The first-order valence-electron chi connectivity index (χ1n) is 12.1. The Labute approximate surface area is 220 Å². The van der Waals surface area contributed by atoms with Crippen LogP contribution in [0.15, 0.2) is 49.1 Å². The van der Waals surface area contributed by atoms with Gasteiger partial charge in [-0.2, -0.15) is 0 Å². The summed E-state index contributed by atoms with van der Waals surface area (Å²) in [4.78, 5) is 39.6. The first-order chi connectivity index (χ1) is 17.8. The minimum Gasteiger partial charge on any atom is -0.461 e. The largest absolute Gasteiger partial charge is 0.461 e. The van der Waals surface area contributed by atoms with E-state index in [9.17, 15) is 14.4 Å². The zero-order chi connectivity index (χ0) is 26.5. The molecule has 7 nitrogen and oxygen atoms in total. The van der Waals surface area contributed by atoms with Crippen molar-refractivity contribution in [1.82, 2.24) is 4.90 Å². The molecule has 2 aliphatic heterocycles. The molecule has 0 aliphatic carbocycles. The van der Waals surface area contributed by atoms with Crippen LogP contribution in [0.1, 0.15) is 52.2 Å². The number of nitrogens with zero attached hydrogens (tertiary/aromatic N) is 1. The van der Waals surface area contributed by atoms with E-state index in [2.05, 4.69) is 6.58 Å². The summed E-state index contributed by atoms with van der Waals surface area (Å²) in [5.41, 5.74) is 1.50. The molecule has 2 saturated heterocycles. The van der Waals surface area contributed by atoms with Crippen molar-refractivity contribution in [2.75, 3.05) is 26.4 Å². The lowest BCUT2D eigenvalue weighted by atomic mass is 9.87. The summed E-state index contributed by atoms with van der Waals surface area (Å²) in [6.45, 7) is 6.13. The Bertz CT molecular complexity index is 1140. The van der Waals surface area contributed by atoms with Gasteiger partial charge in [-0.1, -0.05) is 36.4 Å². The molecule has 3 atom stereocenters. The maximum absolute atomic E-state index is 15.6. The van der Waals surface area contributed by atoms with Crippen LogP contribution >= 0.6 is 11.6 Å². The summed E-state index contributed by atoms with van der Waals surface area (Å²) >= 11 is 6.06. The van der Waals surface area contributed by atoms with Crippen LogP contribution in [0.4, 0.5) is 4.39 Å². The molecule has 4 rings (SSSR count). The summed E-state index contributed by atoms with van der Waals surface area (Å²) in [5, 5.41) is 0.488. The number of hydrogen-bond donors (Lipinski definition) is 0. The molecule has 9 heteroatoms. The van der Waals surface area contributed by atoms with Crippen molar-refractivity contribution in [2.45, 2.75) is 32.0 Å². The van der Waals surface area contributed by atoms with Gasteiger partial charge >= 0.3 is 5.97 Å². The van der Waals surface area contributed by atoms with Crippen molar-refractivity contribution >= 4 is 29.8 Å². The number of ether oxygens (including phenoxy) is 3. The fraction of sp³-hybridized carbons (Fsp3) is 0.393. The van der Waals surface area contributed by atoms with Crippen LogP contribution in [0.3, 0.4) is 0 Å². The Morgan fingerprint density at radius 3 is 2.54 bits per heavy atom. The first kappa shape index (κ1) is 27.0. The van der Waals surface area contributed by atoms with Gasteiger partial charge in [0.05, 0.1) is 12.6 Å². The monoisotopic (exact) mass is 529 g/mol. The minimum atomic E-state index is -1.12. The Morgan fingerprint density at radius 1 is 1.22 bits per heavy atom. The van der Waals surface area contributed by atoms with Crippen molar-refractivity contribution in [3.63, 3.8) is 0 Å². The predicted molar refractivity (Wildman–Crippen MR) is 134 cm³/mol. The van der Waals surface area contributed by atoms with Crippen LogP contribution in [-0.2, 0) is 23.8 Å². The minimum absolute atomic E-state index is 0.00351. The second kappa shape index (κ2) is 12.0. The summed E-state index contributed by atoms with van der Waals surface area (Å²) in [6.07, 6.45) is 2.06. The number of esters is 1. The van der Waals surface area contributed by atoms with Gasteiger partial charge in [0.15, 0.2) is 12.0 Å². The standard InChI is InChI=1S/C28H29ClFNO6/c1-3-10-36-28(34)22-15-37-27(31(16-32)25(22)18-4-6-21(29)7-5-18)24-17(2)13-20(14-23(24)30)26(33)19-8-11-35-12-9-19/h3-7,13-14,16,19,22,25,27H,1,8-12,15H2,2H3/t22-,25?,27+/m0/s1. The van der Waals surface area contributed by atoms with E-state index in [0.29, 0.717) is 48.6 Å². The topological polar surface area (TPSA) is 82.1 Å². The second-order valence-electron chi connectivity index (χ2n) is 9.20. The van der Waals surface area contributed by atoms with Gasteiger partial charge in [0.25, 0.3) is 0 Å². The number of amides is 1. The molecular weight excluding hydrogens is 501 g/mol. The van der Waals surface area contributed by atoms with Gasteiger partial charge < -0.3 is 19.1 Å². The molecule has 0 spiro atoms. The molecule has 0 aromatic heterocycles. The van der Waals surface area contributed by atoms with E-state index in [4.69, 9.17) is 25.8 Å². The molecule has 1 amide bonds. The average molecular weight is 530 g/mol. The number of benzene rings is 2. The fourth-order valence-electron chi connectivity index (χ4n) is 4.99. The molecule has 2 aliphatic rings. The van der Waals surface area contributed by atoms with Crippen LogP contribution in [0.2, 0.25) is 5.02 Å². The third kappa shape index (κ3) is 5.76. The SMILES string of the molecule is C=CCOC(=O)[C@H]1CO[C@H](c2c(C)cc(C(=O)C3CCOCC3)cc2F)N(C=O)C1c1ccc(Cl)cc1. The van der Waals surface area contributed by atoms with Crippen LogP contribution in [0.25, 0.3) is 0 Å². The lowest BCUT2D eigenvalue weighted by Crippen LogP contribution is -2.47. The number of carbonyl (C=O) groups excluding carboxylic acids is 3. The van der Waals surface area contributed by atoms with Gasteiger partial charge in [-0.05, 0) is 55.2 Å². The van der Waals surface area contributed by atoms with E-state index in [1.54, 1.807) is 37.3 Å². The molecule has 2 aromatic carbocycles. The highest BCUT2D eigenvalue weighted by Crippen LogP contribution is 2.42. The highest BCUT2D eigenvalue weighted by atomic mass is 35.5. The highest BCUT2D eigenvalue weighted by Gasteiger charge is 2.44. The van der Waals surface area contributed by atoms with E-state index in [1.165, 1.54) is 17.0 Å². The zero-order valence-corrected chi connectivity index (χ0v) is 21.3. The number of hydrogen-bond acceptors (Lipinski definition) is 6. The Kier molecular flexibility index (Phi) is 8.74. The lowest BCUT2D eigenvalue weighted by Gasteiger charge is -2.44. The summed E-state index contributed by atoms with van der Waals surface area (Å²) in [7, 11) is 0. The summed E-state index contributed by atoms with van der Waals surface area (Å²) in [5.74, 6) is -2.43. The molecule has 2 aromatic rings. The van der Waals surface area contributed by atoms with Crippen molar-refractivity contribution < 1.29 is 33.0 Å². The quantitative estimate of drug-likeness (QED) is 0.208. The fourth-order valence-corrected chi connectivity index (χ4v) is 5.12. The molecule has 37 heavy (non-hydrogen) atoms. The highest BCUT2D eigenvalue weighted by molar-refractivity contribution is 6.30. The number of ketones is 1. The first-order valence-corrected chi connectivity index (χ1v) is 12.5. The Morgan fingerprint density at radius 2 is 1.92 bits per heavy atom. The normalized spacial score (nSPS) is 22.4. The third-order valence-electron chi connectivity index (χ3n) is 6.85. The van der Waals surface area contributed by atoms with E-state index < -0.39 is 30.0 Å². The van der Waals surface area contributed by atoms with Crippen LogP contribution in [0.5, 0.6) is 0 Å². The average Bonchev–Trinajstić information content (AvgIpc) is 2.91. The molecule has 0 N–H and O–H groups in total. The number of halogens is 2. The third-order valence-corrected chi connectivity index (χ3v) is 7.10. The van der Waals surface area contributed by atoms with Crippen molar-refractivity contribution in [3.8, 4) is 0 Å². The molecule has 0 saturated carbocycles. The van der Waals surface area contributed by atoms with E-state index in [-0.39, 0.29) is 36.0 Å². The molecule has 2 heterocycles. The van der Waals surface area contributed by atoms with E-state index in [1.807, 2.05) is 0 Å². The van der Waals surface area contributed by atoms with E-state index in [0.717, 1.165) is 0 Å². The van der Waals surface area contributed by atoms with Gasteiger partial charge in [-0.3, -0.25) is 14.4 Å². The summed E-state index contributed by atoms with van der Waals surface area (Å²) in [6, 6.07) is 8.75. The molecule has 0 bridgehead atoms. The molecule has 196 valence electrons. The zero-order valence-electron chi connectivity index (χ0n) is 20.5. The summed E-state index contributed by atoms with van der Waals surface area (Å²) < 4.78 is 32.1. The van der Waals surface area contributed by atoms with Gasteiger partial charge in [-0.15, -0.1) is 0 Å². The second-order valence-corrected chi connectivity index (χ2v) is 9.64. The van der Waals surface area contributed by atoms with Crippen LogP contribution in [0, 0.1) is 24.6 Å². The number of Topliss-reactive ketones (excluding diaryl/α,β-unsaturated/α-hetero) is 1. The molecule has 0 radical (unpaired) electrons. The van der Waals surface area contributed by atoms with Gasteiger partial charge in [0.1, 0.15) is 18.3 Å². The van der Waals surface area contributed by atoms with Gasteiger partial charge in [0, 0.05) is 35.3 Å². The van der Waals surface area contributed by atoms with Gasteiger partial charge in [-0.25, -0.2) is 4.39 Å². The molecule has 2 fully saturated rings. The number of rotatable bonds is 8. The smallest absolute Gasteiger partial charge is 0.314 e. The maximum Gasteiger partial charge on any atom is 0.314 e. The maximum atomic E-state index is 15.6. The predicted octanol–water partition coefficient (Wildman–Crippen LogP) is 4.97. The van der Waals surface area contributed by atoms with Crippen molar-refractivity contribution in [2.24, 2.45) is 11.8 Å². The molecular formula is C28H29ClFNO6. The van der Waals surface area contributed by atoms with Crippen LogP contribution < -0.4 is 0 Å². The Balaban J connectivity index is 1.69. The number of carbonyl (C=O) groups is 3. The Hall–Kier alpha value is -3.07. The van der Waals surface area contributed by atoms with Gasteiger partial charge in [0.2, 0.25) is 6.41 Å². The van der Waals surface area contributed by atoms with Crippen molar-refractivity contribution in [3.05, 3.63) is 82.1 Å². The number of aryl methyl sites for hydroxylation is 1. The van der Waals surface area contributed by atoms with Crippen LogP contribution in [-0.4, -0.2) is 49.5 Å². The molecule has 1 unspecified atom stereocenters.